The first kappa shape index (κ1) is 14.7. The van der Waals surface area contributed by atoms with Crippen LogP contribution >= 0.6 is 11.6 Å². The number of hydrogen-bond donors (Lipinski definition) is 1. The minimum absolute atomic E-state index is 0.0215. The molecule has 1 heterocycles. The molecule has 1 aliphatic heterocycles. The number of nitro benzene ring substituents is 1. The Hall–Kier alpha value is -1.68. The Kier molecular flexibility index (Phi) is 4.90. The van der Waals surface area contributed by atoms with E-state index in [1.807, 2.05) is 0 Å². The Morgan fingerprint density at radius 2 is 2.20 bits per heavy atom. The van der Waals surface area contributed by atoms with Crippen LogP contribution in [0.4, 0.5) is 5.69 Å². The van der Waals surface area contributed by atoms with Gasteiger partial charge in [0.05, 0.1) is 23.5 Å². The van der Waals surface area contributed by atoms with Gasteiger partial charge < -0.3 is 5.32 Å². The summed E-state index contributed by atoms with van der Waals surface area (Å²) < 4.78 is 0. The molecular weight excluding hydrogens is 280 g/mol. The zero-order valence-electron chi connectivity index (χ0n) is 10.9. The minimum Gasteiger partial charge on any atom is -0.314 e. The number of nitro groups is 1. The van der Waals surface area contributed by atoms with E-state index in [1.54, 1.807) is 6.07 Å². The van der Waals surface area contributed by atoms with Crippen LogP contribution in [0.25, 0.3) is 0 Å². The van der Waals surface area contributed by atoms with Gasteiger partial charge in [-0.15, -0.1) is 0 Å². The van der Waals surface area contributed by atoms with Crippen LogP contribution in [0.5, 0.6) is 0 Å². The van der Waals surface area contributed by atoms with Crippen molar-refractivity contribution in [1.82, 2.24) is 10.2 Å². The summed E-state index contributed by atoms with van der Waals surface area (Å²) in [7, 11) is 0. The largest absolute Gasteiger partial charge is 0.314 e. The molecular formula is C13H15ClN4O2. The fourth-order valence-electron chi connectivity index (χ4n) is 2.47. The molecule has 1 atom stereocenters. The van der Waals surface area contributed by atoms with Gasteiger partial charge in [0.25, 0.3) is 5.69 Å². The summed E-state index contributed by atoms with van der Waals surface area (Å²) in [6.07, 6.45) is 0.210. The van der Waals surface area contributed by atoms with E-state index in [2.05, 4.69) is 16.3 Å². The SMILES string of the molecule is N#CC[C@@H](c1cc(Cl)ccc1[N+](=O)[O-])N1CCNCC1. The van der Waals surface area contributed by atoms with E-state index in [1.165, 1.54) is 12.1 Å². The summed E-state index contributed by atoms with van der Waals surface area (Å²) in [4.78, 5) is 12.9. The fraction of sp³-hybridized carbons (Fsp3) is 0.462. The number of hydrogen-bond acceptors (Lipinski definition) is 5. The molecule has 0 spiro atoms. The van der Waals surface area contributed by atoms with Gasteiger partial charge in [0.15, 0.2) is 0 Å². The number of nitrogens with zero attached hydrogens (tertiary/aromatic N) is 3. The molecule has 1 aliphatic rings. The number of piperazine rings is 1. The summed E-state index contributed by atoms with van der Waals surface area (Å²) >= 11 is 5.97. The number of nitriles is 1. The van der Waals surface area contributed by atoms with Crippen LogP contribution in [0.3, 0.4) is 0 Å². The van der Waals surface area contributed by atoms with Crippen LogP contribution in [0.1, 0.15) is 18.0 Å². The molecule has 1 aromatic carbocycles. The zero-order valence-corrected chi connectivity index (χ0v) is 11.6. The standard InChI is InChI=1S/C13H15ClN4O2/c14-10-1-2-13(18(19)20)11(9-10)12(3-4-15)17-7-5-16-6-8-17/h1-2,9,12,16H,3,5-8H2/t12-/m0/s1. The molecule has 0 saturated carbocycles. The molecule has 106 valence electrons. The van der Waals surface area contributed by atoms with Gasteiger partial charge in [0.1, 0.15) is 0 Å². The van der Waals surface area contributed by atoms with Gasteiger partial charge in [-0.25, -0.2) is 0 Å². The molecule has 0 aromatic heterocycles. The number of rotatable bonds is 4. The van der Waals surface area contributed by atoms with Gasteiger partial charge in [0, 0.05) is 42.8 Å². The predicted octanol–water partition coefficient (Wildman–Crippen LogP) is 2.11. The lowest BCUT2D eigenvalue weighted by molar-refractivity contribution is -0.386. The summed E-state index contributed by atoms with van der Waals surface area (Å²) in [5.74, 6) is 0. The van der Waals surface area contributed by atoms with Crippen LogP contribution < -0.4 is 5.32 Å². The summed E-state index contributed by atoms with van der Waals surface area (Å²) in [5, 5.41) is 23.9. The van der Waals surface area contributed by atoms with E-state index in [-0.39, 0.29) is 18.2 Å². The monoisotopic (exact) mass is 294 g/mol. The van der Waals surface area contributed by atoms with Gasteiger partial charge in [-0.05, 0) is 12.1 Å². The third-order valence-corrected chi connectivity index (χ3v) is 3.66. The second-order valence-electron chi connectivity index (χ2n) is 4.62. The Bertz CT molecular complexity index is 538. The van der Waals surface area contributed by atoms with Crippen molar-refractivity contribution < 1.29 is 4.92 Å². The number of halogens is 1. The smallest absolute Gasteiger partial charge is 0.274 e. The maximum atomic E-state index is 11.2. The lowest BCUT2D eigenvalue weighted by Crippen LogP contribution is -2.45. The lowest BCUT2D eigenvalue weighted by Gasteiger charge is -2.33. The highest BCUT2D eigenvalue weighted by Gasteiger charge is 2.28. The third kappa shape index (κ3) is 3.25. The van der Waals surface area contributed by atoms with Crippen molar-refractivity contribution in [2.75, 3.05) is 26.2 Å². The van der Waals surface area contributed by atoms with Crippen molar-refractivity contribution in [2.24, 2.45) is 0 Å². The summed E-state index contributed by atoms with van der Waals surface area (Å²) in [6.45, 7) is 3.15. The van der Waals surface area contributed by atoms with Gasteiger partial charge in [0.2, 0.25) is 0 Å². The Morgan fingerprint density at radius 3 is 2.80 bits per heavy atom. The zero-order chi connectivity index (χ0) is 14.5. The topological polar surface area (TPSA) is 82.2 Å². The summed E-state index contributed by atoms with van der Waals surface area (Å²) in [5.41, 5.74) is 0.541. The van der Waals surface area contributed by atoms with Crippen LogP contribution in [0.15, 0.2) is 18.2 Å². The first-order chi connectivity index (χ1) is 9.63. The molecule has 1 saturated heterocycles. The van der Waals surface area contributed by atoms with Crippen molar-refractivity contribution in [1.29, 1.82) is 5.26 Å². The van der Waals surface area contributed by atoms with Crippen molar-refractivity contribution in [3.63, 3.8) is 0 Å². The molecule has 0 unspecified atom stereocenters. The van der Waals surface area contributed by atoms with Crippen molar-refractivity contribution >= 4 is 17.3 Å². The van der Waals surface area contributed by atoms with Gasteiger partial charge >= 0.3 is 0 Å². The molecule has 0 radical (unpaired) electrons. The van der Waals surface area contributed by atoms with E-state index in [0.29, 0.717) is 10.6 Å². The Labute approximate surface area is 122 Å². The quantitative estimate of drug-likeness (QED) is 0.679. The molecule has 20 heavy (non-hydrogen) atoms. The van der Waals surface area contributed by atoms with Crippen LogP contribution in [-0.4, -0.2) is 36.0 Å². The maximum absolute atomic E-state index is 11.2. The van der Waals surface area contributed by atoms with E-state index >= 15 is 0 Å². The van der Waals surface area contributed by atoms with Gasteiger partial charge in [-0.1, -0.05) is 11.6 Å². The molecule has 2 rings (SSSR count). The maximum Gasteiger partial charge on any atom is 0.274 e. The predicted molar refractivity (Wildman–Crippen MR) is 75.5 cm³/mol. The van der Waals surface area contributed by atoms with Crippen LogP contribution in [-0.2, 0) is 0 Å². The molecule has 6 nitrogen and oxygen atoms in total. The lowest BCUT2D eigenvalue weighted by atomic mass is 10.00. The normalized spacial score (nSPS) is 17.4. The van der Waals surface area contributed by atoms with Crippen LogP contribution in [0, 0.1) is 21.4 Å². The van der Waals surface area contributed by atoms with Gasteiger partial charge in [-0.3, -0.25) is 15.0 Å². The average Bonchev–Trinajstić information content (AvgIpc) is 2.45. The highest BCUT2D eigenvalue weighted by atomic mass is 35.5. The first-order valence-electron chi connectivity index (χ1n) is 6.39. The number of nitrogens with one attached hydrogen (secondary N) is 1. The summed E-state index contributed by atoms with van der Waals surface area (Å²) in [6, 6.07) is 6.34. The average molecular weight is 295 g/mol. The molecule has 0 bridgehead atoms. The van der Waals surface area contributed by atoms with Crippen LogP contribution in [0.2, 0.25) is 5.02 Å². The Morgan fingerprint density at radius 1 is 1.50 bits per heavy atom. The van der Waals surface area contributed by atoms with E-state index in [0.717, 1.165) is 26.2 Å². The first-order valence-corrected chi connectivity index (χ1v) is 6.77. The third-order valence-electron chi connectivity index (χ3n) is 3.42. The highest BCUT2D eigenvalue weighted by molar-refractivity contribution is 6.30. The molecule has 1 fully saturated rings. The van der Waals surface area contributed by atoms with E-state index < -0.39 is 4.92 Å². The highest BCUT2D eigenvalue weighted by Crippen LogP contribution is 2.33. The fourth-order valence-corrected chi connectivity index (χ4v) is 2.66. The van der Waals surface area contributed by atoms with E-state index in [9.17, 15) is 10.1 Å². The molecule has 1 aromatic rings. The molecule has 7 heteroatoms. The second-order valence-corrected chi connectivity index (χ2v) is 5.06. The van der Waals surface area contributed by atoms with Crippen molar-refractivity contribution in [3.8, 4) is 6.07 Å². The number of benzene rings is 1. The van der Waals surface area contributed by atoms with Crippen molar-refractivity contribution in [3.05, 3.63) is 38.9 Å². The van der Waals surface area contributed by atoms with Crippen molar-refractivity contribution in [2.45, 2.75) is 12.5 Å². The minimum atomic E-state index is -0.418. The van der Waals surface area contributed by atoms with Gasteiger partial charge in [-0.2, -0.15) is 5.26 Å². The van der Waals surface area contributed by atoms with E-state index in [4.69, 9.17) is 16.9 Å². The Balaban J connectivity index is 2.39. The molecule has 0 aliphatic carbocycles. The second kappa shape index (κ2) is 6.66. The molecule has 0 amide bonds. The molecule has 1 N–H and O–H groups in total.